The third kappa shape index (κ3) is 6.49. The monoisotopic (exact) mass is 485 g/mol. The van der Waals surface area contributed by atoms with Crippen molar-refractivity contribution in [2.45, 2.75) is 32.1 Å². The van der Waals surface area contributed by atoms with Crippen LogP contribution in [0.5, 0.6) is 11.5 Å². The number of benzene rings is 2. The summed E-state index contributed by atoms with van der Waals surface area (Å²) in [5.41, 5.74) is 0.496. The van der Waals surface area contributed by atoms with Gasteiger partial charge in [-0.05, 0) is 53.4 Å². The minimum atomic E-state index is -4.71. The third-order valence-electron chi connectivity index (χ3n) is 4.54. The summed E-state index contributed by atoms with van der Waals surface area (Å²) in [6, 6.07) is 9.35. The summed E-state index contributed by atoms with van der Waals surface area (Å²) in [6.07, 6.45) is -5.70. The van der Waals surface area contributed by atoms with Crippen molar-refractivity contribution in [3.8, 4) is 22.6 Å². The van der Waals surface area contributed by atoms with E-state index in [4.69, 9.17) is 4.74 Å². The first-order valence-electron chi connectivity index (χ1n) is 10.0. The van der Waals surface area contributed by atoms with Crippen LogP contribution in [0.1, 0.15) is 24.6 Å². The SMILES string of the molecule is CCCc1ccc(C(F)(F)Oc2ccc(-c3cc(F)c(OC=CC(F)(F)F)c(F)c3)cc2)nc1. The second-order valence-corrected chi connectivity index (χ2v) is 7.18. The van der Waals surface area contributed by atoms with Crippen LogP contribution in [-0.2, 0) is 12.5 Å². The summed E-state index contributed by atoms with van der Waals surface area (Å²) in [4.78, 5) is 3.76. The van der Waals surface area contributed by atoms with E-state index < -0.39 is 35.4 Å². The highest BCUT2D eigenvalue weighted by Gasteiger charge is 2.36. The van der Waals surface area contributed by atoms with Crippen LogP contribution in [0.3, 0.4) is 0 Å². The molecule has 0 aliphatic rings. The van der Waals surface area contributed by atoms with Gasteiger partial charge in [-0.3, -0.25) is 4.98 Å². The van der Waals surface area contributed by atoms with E-state index in [9.17, 15) is 30.7 Å². The summed E-state index contributed by atoms with van der Waals surface area (Å²) in [6.45, 7) is 1.95. The molecule has 1 heterocycles. The van der Waals surface area contributed by atoms with Crippen LogP contribution in [0.4, 0.5) is 30.7 Å². The largest absolute Gasteiger partial charge is 0.459 e. The predicted octanol–water partition coefficient (Wildman–Crippen LogP) is 7.56. The number of pyridine rings is 1. The number of alkyl halides is 5. The maximum Gasteiger partial charge on any atom is 0.444 e. The van der Waals surface area contributed by atoms with Crippen molar-refractivity contribution < 1.29 is 40.2 Å². The number of allylic oxidation sites excluding steroid dienone is 1. The van der Waals surface area contributed by atoms with E-state index in [0.717, 1.165) is 24.1 Å². The van der Waals surface area contributed by atoms with Crippen molar-refractivity contribution in [3.05, 3.63) is 90.0 Å². The molecule has 0 N–H and O–H groups in total. The molecule has 0 saturated heterocycles. The van der Waals surface area contributed by atoms with Gasteiger partial charge in [0.15, 0.2) is 23.1 Å². The minimum Gasteiger partial charge on any atom is -0.459 e. The fourth-order valence-electron chi connectivity index (χ4n) is 2.97. The van der Waals surface area contributed by atoms with E-state index in [-0.39, 0.29) is 29.2 Å². The van der Waals surface area contributed by atoms with E-state index in [1.54, 1.807) is 6.07 Å². The standard InChI is InChI=1S/C24H18F7NO2/c1-2-3-15-4-9-21(32-14-15)24(30,31)34-18-7-5-16(6-8-18)17-12-19(25)22(20(26)13-17)33-11-10-23(27,28)29/h4-14H,2-3H2,1H3. The third-order valence-corrected chi connectivity index (χ3v) is 4.54. The molecule has 0 saturated carbocycles. The Hall–Kier alpha value is -3.56. The molecule has 2 aromatic carbocycles. The van der Waals surface area contributed by atoms with E-state index in [1.807, 2.05) is 6.92 Å². The van der Waals surface area contributed by atoms with Crippen molar-refractivity contribution in [1.82, 2.24) is 4.98 Å². The lowest BCUT2D eigenvalue weighted by molar-refractivity contribution is -0.188. The van der Waals surface area contributed by atoms with Crippen molar-refractivity contribution in [1.29, 1.82) is 0 Å². The Kier molecular flexibility index (Phi) is 7.48. The fraction of sp³-hybridized carbons (Fsp3) is 0.208. The Balaban J connectivity index is 1.74. The first-order chi connectivity index (χ1) is 16.0. The van der Waals surface area contributed by atoms with Crippen LogP contribution < -0.4 is 9.47 Å². The number of aryl methyl sites for hydroxylation is 1. The number of aromatic nitrogens is 1. The molecule has 180 valence electrons. The van der Waals surface area contributed by atoms with Gasteiger partial charge in [0.05, 0.1) is 12.3 Å². The lowest BCUT2D eigenvalue weighted by Crippen LogP contribution is -2.23. The highest BCUT2D eigenvalue weighted by molar-refractivity contribution is 5.65. The molecule has 0 fully saturated rings. The highest BCUT2D eigenvalue weighted by Crippen LogP contribution is 2.33. The van der Waals surface area contributed by atoms with Crippen molar-refractivity contribution in [2.24, 2.45) is 0 Å². The van der Waals surface area contributed by atoms with Gasteiger partial charge < -0.3 is 9.47 Å². The lowest BCUT2D eigenvalue weighted by Gasteiger charge is -2.18. The van der Waals surface area contributed by atoms with E-state index in [1.165, 1.54) is 36.5 Å². The zero-order valence-electron chi connectivity index (χ0n) is 17.7. The molecule has 3 nitrogen and oxygen atoms in total. The fourth-order valence-corrected chi connectivity index (χ4v) is 2.97. The van der Waals surface area contributed by atoms with Crippen LogP contribution in [0.2, 0.25) is 0 Å². The summed E-state index contributed by atoms with van der Waals surface area (Å²) >= 11 is 0. The smallest absolute Gasteiger partial charge is 0.444 e. The highest BCUT2D eigenvalue weighted by atomic mass is 19.4. The second kappa shape index (κ2) is 10.1. The molecule has 0 aliphatic heterocycles. The molecule has 0 unspecified atom stereocenters. The van der Waals surface area contributed by atoms with Crippen molar-refractivity contribution >= 4 is 0 Å². The zero-order valence-corrected chi connectivity index (χ0v) is 17.7. The van der Waals surface area contributed by atoms with Gasteiger partial charge in [0.1, 0.15) is 5.75 Å². The Morgan fingerprint density at radius 2 is 1.53 bits per heavy atom. The molecule has 0 spiro atoms. The average Bonchev–Trinajstić information content (AvgIpc) is 2.76. The molecule has 0 atom stereocenters. The minimum absolute atomic E-state index is 0.00800. The topological polar surface area (TPSA) is 31.4 Å². The van der Waals surface area contributed by atoms with Gasteiger partial charge in [-0.1, -0.05) is 31.5 Å². The molecular formula is C24H18F7NO2. The van der Waals surface area contributed by atoms with E-state index >= 15 is 0 Å². The van der Waals surface area contributed by atoms with Gasteiger partial charge in [-0.25, -0.2) is 8.78 Å². The van der Waals surface area contributed by atoms with Crippen LogP contribution in [0.15, 0.2) is 67.1 Å². The average molecular weight is 485 g/mol. The van der Waals surface area contributed by atoms with Gasteiger partial charge in [0, 0.05) is 6.20 Å². The first kappa shape index (κ1) is 25.1. The molecule has 0 radical (unpaired) electrons. The lowest BCUT2D eigenvalue weighted by atomic mass is 10.0. The van der Waals surface area contributed by atoms with Gasteiger partial charge in [0.2, 0.25) is 0 Å². The number of hydrogen-bond donors (Lipinski definition) is 0. The Labute approximate surface area is 190 Å². The maximum atomic E-state index is 14.4. The molecule has 10 heteroatoms. The molecule has 3 aromatic rings. The molecule has 34 heavy (non-hydrogen) atoms. The van der Waals surface area contributed by atoms with Crippen LogP contribution in [0, 0.1) is 11.6 Å². The second-order valence-electron chi connectivity index (χ2n) is 7.18. The molecule has 3 rings (SSSR count). The quantitative estimate of drug-likeness (QED) is 0.244. The number of halogens is 7. The Bertz CT molecular complexity index is 1120. The number of nitrogens with zero attached hydrogens (tertiary/aromatic N) is 1. The summed E-state index contributed by atoms with van der Waals surface area (Å²) < 4.78 is 103. The number of ether oxygens (including phenoxy) is 2. The van der Waals surface area contributed by atoms with Gasteiger partial charge in [-0.15, -0.1) is 0 Å². The summed E-state index contributed by atoms with van der Waals surface area (Å²) in [5.74, 6) is -3.72. The maximum absolute atomic E-state index is 14.4. The molecule has 1 aromatic heterocycles. The first-order valence-corrected chi connectivity index (χ1v) is 10.0. The van der Waals surface area contributed by atoms with Crippen molar-refractivity contribution in [3.63, 3.8) is 0 Å². The summed E-state index contributed by atoms with van der Waals surface area (Å²) in [5, 5.41) is 0. The predicted molar refractivity (Wildman–Crippen MR) is 110 cm³/mol. The van der Waals surface area contributed by atoms with E-state index in [2.05, 4.69) is 9.72 Å². The Morgan fingerprint density at radius 3 is 2.06 bits per heavy atom. The Morgan fingerprint density at radius 1 is 0.882 bits per heavy atom. The van der Waals surface area contributed by atoms with Gasteiger partial charge in [-0.2, -0.15) is 22.0 Å². The molecule has 0 aliphatic carbocycles. The summed E-state index contributed by atoms with van der Waals surface area (Å²) in [7, 11) is 0. The normalized spacial score (nSPS) is 12.2. The van der Waals surface area contributed by atoms with E-state index in [0.29, 0.717) is 6.42 Å². The van der Waals surface area contributed by atoms with Crippen LogP contribution >= 0.6 is 0 Å². The number of hydrogen-bond acceptors (Lipinski definition) is 3. The van der Waals surface area contributed by atoms with Gasteiger partial charge >= 0.3 is 12.3 Å². The zero-order chi connectivity index (χ0) is 24.9. The van der Waals surface area contributed by atoms with Crippen LogP contribution in [0.25, 0.3) is 11.1 Å². The molecule has 0 bridgehead atoms. The van der Waals surface area contributed by atoms with Crippen molar-refractivity contribution in [2.75, 3.05) is 0 Å². The number of rotatable bonds is 8. The molecular weight excluding hydrogens is 467 g/mol. The van der Waals surface area contributed by atoms with Gasteiger partial charge in [0.25, 0.3) is 0 Å². The molecule has 0 amide bonds. The van der Waals surface area contributed by atoms with Crippen LogP contribution in [-0.4, -0.2) is 11.2 Å².